The minimum Gasteiger partial charge on any atom is -0.504 e. The number of phenolic OH excluding ortho intramolecular Hbond substituents is 2. The Morgan fingerprint density at radius 2 is 1.58 bits per heavy atom. The average Bonchev–Trinajstić information content (AvgIpc) is 3.08. The number of aryl methyl sites for hydroxylation is 1. The molecule has 2 aromatic rings. The van der Waals surface area contributed by atoms with Gasteiger partial charge >= 0.3 is 0 Å². The number of ether oxygens (including phenoxy) is 4. The van der Waals surface area contributed by atoms with E-state index >= 15 is 0 Å². The van der Waals surface area contributed by atoms with E-state index in [1.54, 1.807) is 18.2 Å². The molecule has 0 bridgehead atoms. The van der Waals surface area contributed by atoms with Crippen molar-refractivity contribution in [2.45, 2.75) is 87.5 Å². The normalized spacial score (nSPS) is 27.2. The van der Waals surface area contributed by atoms with E-state index in [0.29, 0.717) is 36.5 Å². The molecule has 1 fully saturated rings. The van der Waals surface area contributed by atoms with Gasteiger partial charge in [-0.15, -0.1) is 0 Å². The summed E-state index contributed by atoms with van der Waals surface area (Å²) in [5.74, 6) is 1.10. The Kier molecular flexibility index (Phi) is 15.6. The third-order valence-electron chi connectivity index (χ3n) is 9.51. The summed E-state index contributed by atoms with van der Waals surface area (Å²) in [6, 6.07) is 6.97. The fourth-order valence-corrected chi connectivity index (χ4v) is 9.75. The topological polar surface area (TPSA) is 170 Å². The molecule has 1 heterocycles. The second-order valence-electron chi connectivity index (χ2n) is 12.8. The van der Waals surface area contributed by atoms with Crippen molar-refractivity contribution < 1.29 is 49.6 Å². The number of aliphatic hydroxyl groups excluding tert-OH is 4. The van der Waals surface area contributed by atoms with Gasteiger partial charge in [-0.2, -0.15) is 0 Å². The molecular formula is C35H53NO10S2. The zero-order chi connectivity index (χ0) is 34.6. The quantitative estimate of drug-likeness (QED) is 0.123. The Balaban J connectivity index is 1.60. The van der Waals surface area contributed by atoms with Crippen LogP contribution in [0.25, 0.3) is 0 Å². The minimum absolute atomic E-state index is 0.0162. The van der Waals surface area contributed by atoms with Gasteiger partial charge in [0, 0.05) is 23.5 Å². The van der Waals surface area contributed by atoms with Crippen LogP contribution in [0.5, 0.6) is 28.7 Å². The number of rotatable bonds is 12. The van der Waals surface area contributed by atoms with Crippen LogP contribution >= 0.6 is 21.6 Å². The molecule has 7 N–H and O–H groups in total. The zero-order valence-corrected chi connectivity index (χ0v) is 29.8. The fourth-order valence-electron chi connectivity index (χ4n) is 6.85. The van der Waals surface area contributed by atoms with Gasteiger partial charge in [0.1, 0.15) is 6.79 Å². The summed E-state index contributed by atoms with van der Waals surface area (Å²) in [4.78, 5) is 0. The summed E-state index contributed by atoms with van der Waals surface area (Å²) in [5, 5.41) is 67.4. The predicted molar refractivity (Wildman–Crippen MR) is 188 cm³/mol. The maximum Gasteiger partial charge on any atom is 0.200 e. The van der Waals surface area contributed by atoms with E-state index in [-0.39, 0.29) is 59.6 Å². The summed E-state index contributed by atoms with van der Waals surface area (Å²) in [6.45, 7) is 0.405. The SMILES string of the molecule is CNCC1CCC(Oc2cc3c(cc2O)C(CCO)SSCC(O)C(Cc2cc(OC)c(O)c(OC)c2)C(O)CC(OCO)CC3)CC1. The standard InChI is InChI=1S/C35H53NO10S2/c1-36-18-21-4-7-24(8-5-21)46-31-15-23-6-9-25(45-20-38)16-28(39)27(12-22-13-32(43-2)35(42)33(14-22)44-3)30(41)19-47-48-34(10-11-37)26(23)17-29(31)40/h13-15,17,21,24-25,27-28,30,34,36-42H,4-12,16,18-20H2,1-3H3. The second-order valence-corrected chi connectivity index (χ2v) is 15.4. The van der Waals surface area contributed by atoms with Crippen molar-refractivity contribution in [3.63, 3.8) is 0 Å². The summed E-state index contributed by atoms with van der Waals surface area (Å²) in [7, 11) is 7.82. The van der Waals surface area contributed by atoms with E-state index in [1.807, 2.05) is 13.1 Å². The molecule has 1 aliphatic heterocycles. The van der Waals surface area contributed by atoms with Crippen molar-refractivity contribution in [2.24, 2.45) is 11.8 Å². The molecule has 13 heteroatoms. The fraction of sp³-hybridized carbons (Fsp3) is 0.657. The van der Waals surface area contributed by atoms with E-state index in [1.165, 1.54) is 35.8 Å². The van der Waals surface area contributed by atoms with Crippen LogP contribution in [0.3, 0.4) is 0 Å². The van der Waals surface area contributed by atoms with Crippen LogP contribution in [-0.2, 0) is 17.6 Å². The molecule has 270 valence electrons. The van der Waals surface area contributed by atoms with Crippen LogP contribution in [0.2, 0.25) is 0 Å². The Labute approximate surface area is 291 Å². The van der Waals surface area contributed by atoms with Crippen LogP contribution in [0.4, 0.5) is 0 Å². The van der Waals surface area contributed by atoms with Crippen molar-refractivity contribution in [1.82, 2.24) is 5.32 Å². The number of methoxy groups -OCH3 is 2. The Hall–Kier alpha value is -2.10. The lowest BCUT2D eigenvalue weighted by atomic mass is 9.85. The van der Waals surface area contributed by atoms with Crippen molar-refractivity contribution in [2.75, 3.05) is 47.0 Å². The van der Waals surface area contributed by atoms with Gasteiger partial charge in [-0.1, -0.05) is 21.6 Å². The van der Waals surface area contributed by atoms with Crippen molar-refractivity contribution >= 4 is 21.6 Å². The van der Waals surface area contributed by atoms with Crippen LogP contribution in [0.15, 0.2) is 24.3 Å². The number of hydrogen-bond acceptors (Lipinski definition) is 13. The molecule has 0 aromatic heterocycles. The maximum absolute atomic E-state index is 11.6. The van der Waals surface area contributed by atoms with Gasteiger partial charge in [0.05, 0.1) is 38.6 Å². The lowest BCUT2D eigenvalue weighted by Gasteiger charge is -2.30. The number of phenols is 2. The summed E-state index contributed by atoms with van der Waals surface area (Å²) >= 11 is 0. The molecule has 48 heavy (non-hydrogen) atoms. The first-order valence-corrected chi connectivity index (χ1v) is 19.2. The Bertz CT molecular complexity index is 1250. The van der Waals surface area contributed by atoms with Crippen molar-refractivity contribution in [1.29, 1.82) is 0 Å². The molecule has 0 spiro atoms. The first-order chi connectivity index (χ1) is 23.2. The molecule has 0 radical (unpaired) electrons. The smallest absolute Gasteiger partial charge is 0.200 e. The minimum atomic E-state index is -0.988. The number of hydrogen-bond donors (Lipinski definition) is 7. The third-order valence-corrected chi connectivity index (χ3v) is 12.4. The molecule has 5 atom stereocenters. The highest BCUT2D eigenvalue weighted by Crippen LogP contribution is 2.46. The predicted octanol–water partition coefficient (Wildman–Crippen LogP) is 4.33. The molecular weight excluding hydrogens is 659 g/mol. The van der Waals surface area contributed by atoms with Crippen LogP contribution in [-0.4, -0.2) is 102 Å². The number of benzene rings is 2. The molecule has 5 unspecified atom stereocenters. The Morgan fingerprint density at radius 1 is 0.875 bits per heavy atom. The van der Waals surface area contributed by atoms with E-state index in [4.69, 9.17) is 18.9 Å². The highest BCUT2D eigenvalue weighted by molar-refractivity contribution is 8.76. The highest BCUT2D eigenvalue weighted by atomic mass is 33.1. The van der Waals surface area contributed by atoms with Gasteiger partial charge in [0.25, 0.3) is 0 Å². The van der Waals surface area contributed by atoms with Gasteiger partial charge in [-0.3, -0.25) is 0 Å². The lowest BCUT2D eigenvalue weighted by molar-refractivity contribution is -0.0808. The number of fused-ring (bicyclic) bond motifs is 1. The molecule has 0 amide bonds. The monoisotopic (exact) mass is 711 g/mol. The van der Waals surface area contributed by atoms with Gasteiger partial charge in [0.15, 0.2) is 23.0 Å². The summed E-state index contributed by atoms with van der Waals surface area (Å²) < 4.78 is 22.7. The average molecular weight is 712 g/mol. The van der Waals surface area contributed by atoms with Gasteiger partial charge in [0.2, 0.25) is 5.75 Å². The van der Waals surface area contributed by atoms with Gasteiger partial charge < -0.3 is 54.9 Å². The first kappa shape index (κ1) is 38.7. The lowest BCUT2D eigenvalue weighted by Crippen LogP contribution is -2.38. The summed E-state index contributed by atoms with van der Waals surface area (Å²) in [6.07, 6.45) is 3.36. The molecule has 2 aromatic carbocycles. The summed E-state index contributed by atoms with van der Waals surface area (Å²) in [5.41, 5.74) is 2.52. The van der Waals surface area contributed by atoms with E-state index in [0.717, 1.165) is 43.4 Å². The van der Waals surface area contributed by atoms with Crippen molar-refractivity contribution in [3.05, 3.63) is 41.0 Å². The molecule has 1 saturated carbocycles. The van der Waals surface area contributed by atoms with Crippen LogP contribution in [0, 0.1) is 11.8 Å². The Morgan fingerprint density at radius 3 is 2.21 bits per heavy atom. The van der Waals surface area contributed by atoms with E-state index in [9.17, 15) is 30.6 Å². The van der Waals surface area contributed by atoms with Crippen molar-refractivity contribution in [3.8, 4) is 28.7 Å². The van der Waals surface area contributed by atoms with Crippen LogP contribution < -0.4 is 19.5 Å². The van der Waals surface area contributed by atoms with Gasteiger partial charge in [-0.05, 0) is 118 Å². The number of aliphatic hydroxyl groups is 4. The van der Waals surface area contributed by atoms with Crippen LogP contribution in [0.1, 0.15) is 66.9 Å². The third kappa shape index (κ3) is 10.5. The number of nitrogens with one attached hydrogen (secondary N) is 1. The van der Waals surface area contributed by atoms with E-state index < -0.39 is 31.0 Å². The van der Waals surface area contributed by atoms with Gasteiger partial charge in [-0.25, -0.2) is 0 Å². The zero-order valence-electron chi connectivity index (χ0n) is 28.2. The molecule has 1 aliphatic carbocycles. The molecule has 4 rings (SSSR count). The second kappa shape index (κ2) is 19.3. The largest absolute Gasteiger partial charge is 0.504 e. The maximum atomic E-state index is 11.6. The number of aromatic hydroxyl groups is 2. The van der Waals surface area contributed by atoms with E-state index in [2.05, 4.69) is 5.32 Å². The molecule has 0 saturated heterocycles. The molecule has 11 nitrogen and oxygen atoms in total. The molecule has 2 aliphatic rings. The first-order valence-electron chi connectivity index (χ1n) is 16.8. The highest BCUT2D eigenvalue weighted by Gasteiger charge is 2.32.